The lowest BCUT2D eigenvalue weighted by Crippen LogP contribution is -2.18. The molecule has 0 aliphatic heterocycles. The highest BCUT2D eigenvalue weighted by Gasteiger charge is 2.09. The molecule has 112 valence electrons. The van der Waals surface area contributed by atoms with Crippen molar-refractivity contribution in [2.45, 2.75) is 13.1 Å². The number of hydrogen-bond acceptors (Lipinski definition) is 3. The van der Waals surface area contributed by atoms with Crippen LogP contribution in [0.1, 0.15) is 11.1 Å². The molecule has 0 N–H and O–H groups in total. The summed E-state index contributed by atoms with van der Waals surface area (Å²) in [7, 11) is 5.45. The number of halogens is 1. The average Bonchev–Trinajstić information content (AvgIpc) is 2.50. The molecule has 0 saturated carbocycles. The van der Waals surface area contributed by atoms with Crippen molar-refractivity contribution in [2.24, 2.45) is 0 Å². The number of hydrogen-bond donors (Lipinski definition) is 0. The van der Waals surface area contributed by atoms with Crippen LogP contribution in [0.25, 0.3) is 0 Å². The summed E-state index contributed by atoms with van der Waals surface area (Å²) in [6, 6.07) is 14.2. The van der Waals surface area contributed by atoms with E-state index in [9.17, 15) is 0 Å². The minimum Gasteiger partial charge on any atom is -0.497 e. The minimum absolute atomic E-state index is 0.809. The Morgan fingerprint density at radius 1 is 0.952 bits per heavy atom. The lowest BCUT2D eigenvalue weighted by Gasteiger charge is -2.19. The van der Waals surface area contributed by atoms with Gasteiger partial charge in [-0.05, 0) is 24.7 Å². The first kappa shape index (κ1) is 15.9. The van der Waals surface area contributed by atoms with Gasteiger partial charge in [-0.2, -0.15) is 0 Å². The Hall–Kier alpha value is -1.52. The molecule has 0 unspecified atom stereocenters. The summed E-state index contributed by atoms with van der Waals surface area (Å²) in [6.45, 7) is 1.69. The van der Waals surface area contributed by atoms with E-state index in [4.69, 9.17) is 9.47 Å². The van der Waals surface area contributed by atoms with Gasteiger partial charge in [0.2, 0.25) is 0 Å². The molecule has 0 fully saturated rings. The van der Waals surface area contributed by atoms with Crippen LogP contribution >= 0.6 is 15.9 Å². The molecule has 0 bridgehead atoms. The zero-order valence-corrected chi connectivity index (χ0v) is 14.2. The molecule has 0 saturated heterocycles. The normalized spacial score (nSPS) is 10.7. The highest BCUT2D eigenvalue weighted by atomic mass is 79.9. The van der Waals surface area contributed by atoms with Crippen molar-refractivity contribution in [1.29, 1.82) is 0 Å². The number of rotatable bonds is 6. The molecule has 3 nitrogen and oxygen atoms in total. The highest BCUT2D eigenvalue weighted by molar-refractivity contribution is 9.10. The maximum absolute atomic E-state index is 5.45. The first-order valence-electron chi connectivity index (χ1n) is 6.77. The molecule has 0 heterocycles. The predicted molar refractivity (Wildman–Crippen MR) is 88.9 cm³/mol. The van der Waals surface area contributed by atoms with Gasteiger partial charge in [0.25, 0.3) is 0 Å². The molecule has 2 rings (SSSR count). The van der Waals surface area contributed by atoms with Crippen LogP contribution in [0.4, 0.5) is 0 Å². The molecule has 4 heteroatoms. The van der Waals surface area contributed by atoms with E-state index in [2.05, 4.69) is 46.1 Å². The van der Waals surface area contributed by atoms with E-state index in [-0.39, 0.29) is 0 Å². The molecule has 0 radical (unpaired) electrons. The number of nitrogens with zero attached hydrogens (tertiary/aromatic N) is 1. The van der Waals surface area contributed by atoms with E-state index in [0.29, 0.717) is 0 Å². The molecule has 0 aliphatic rings. The van der Waals surface area contributed by atoms with Crippen molar-refractivity contribution >= 4 is 15.9 Å². The second-order valence-electron chi connectivity index (χ2n) is 4.94. The van der Waals surface area contributed by atoms with Gasteiger partial charge in [0.1, 0.15) is 11.5 Å². The number of ether oxygens (including phenoxy) is 2. The van der Waals surface area contributed by atoms with Crippen molar-refractivity contribution in [3.05, 3.63) is 58.1 Å². The third-order valence-electron chi connectivity index (χ3n) is 3.33. The van der Waals surface area contributed by atoms with Gasteiger partial charge in [0.15, 0.2) is 0 Å². The second-order valence-corrected chi connectivity index (χ2v) is 5.80. The van der Waals surface area contributed by atoms with Gasteiger partial charge in [-0.25, -0.2) is 0 Å². The van der Waals surface area contributed by atoms with Crippen molar-refractivity contribution < 1.29 is 9.47 Å². The van der Waals surface area contributed by atoms with Crippen LogP contribution < -0.4 is 9.47 Å². The highest BCUT2D eigenvalue weighted by Crippen LogP contribution is 2.26. The maximum Gasteiger partial charge on any atom is 0.127 e. The number of methoxy groups -OCH3 is 2. The predicted octanol–water partition coefficient (Wildman–Crippen LogP) is 4.10. The quantitative estimate of drug-likeness (QED) is 0.783. The molecular weight excluding hydrogens is 330 g/mol. The monoisotopic (exact) mass is 349 g/mol. The minimum atomic E-state index is 0.809. The van der Waals surface area contributed by atoms with Gasteiger partial charge < -0.3 is 9.47 Å². The summed E-state index contributed by atoms with van der Waals surface area (Å²) in [6.07, 6.45) is 0. The van der Waals surface area contributed by atoms with Crippen LogP contribution in [0.5, 0.6) is 11.5 Å². The standard InChI is InChI=1S/C17H20BrNO2/c1-19(11-13-6-4-5-7-16(13)18)12-14-8-9-15(20-2)10-17(14)21-3/h4-10H,11-12H2,1-3H3. The van der Waals surface area contributed by atoms with Gasteiger partial charge in [0, 0.05) is 29.2 Å². The maximum atomic E-state index is 5.45. The van der Waals surface area contributed by atoms with Crippen LogP contribution in [-0.4, -0.2) is 26.2 Å². The Morgan fingerprint density at radius 2 is 1.67 bits per heavy atom. The van der Waals surface area contributed by atoms with Crippen molar-refractivity contribution in [2.75, 3.05) is 21.3 Å². The topological polar surface area (TPSA) is 21.7 Å². The average molecular weight is 350 g/mol. The Labute approximate surface area is 134 Å². The molecule has 0 spiro atoms. The van der Waals surface area contributed by atoms with E-state index in [1.807, 2.05) is 24.3 Å². The molecule has 2 aromatic carbocycles. The summed E-state index contributed by atoms with van der Waals surface area (Å²) in [5, 5.41) is 0. The fourth-order valence-electron chi connectivity index (χ4n) is 2.25. The Bertz CT molecular complexity index is 601. The largest absolute Gasteiger partial charge is 0.497 e. The third-order valence-corrected chi connectivity index (χ3v) is 4.11. The van der Waals surface area contributed by atoms with E-state index in [0.717, 1.165) is 34.6 Å². The first-order chi connectivity index (χ1) is 10.1. The van der Waals surface area contributed by atoms with Gasteiger partial charge in [-0.3, -0.25) is 4.90 Å². The van der Waals surface area contributed by atoms with Gasteiger partial charge in [-0.1, -0.05) is 40.2 Å². The third kappa shape index (κ3) is 4.22. The lowest BCUT2D eigenvalue weighted by molar-refractivity contribution is 0.308. The summed E-state index contributed by atoms with van der Waals surface area (Å²) in [5.41, 5.74) is 2.42. The second kappa shape index (κ2) is 7.48. The Balaban J connectivity index is 2.09. The molecule has 0 atom stereocenters. The fourth-order valence-corrected chi connectivity index (χ4v) is 2.66. The fraction of sp³-hybridized carbons (Fsp3) is 0.294. The van der Waals surface area contributed by atoms with Crippen LogP contribution in [0.3, 0.4) is 0 Å². The summed E-state index contributed by atoms with van der Waals surface area (Å²) < 4.78 is 11.8. The summed E-state index contributed by atoms with van der Waals surface area (Å²) >= 11 is 3.59. The van der Waals surface area contributed by atoms with Crippen LogP contribution in [0, 0.1) is 0 Å². The Morgan fingerprint density at radius 3 is 2.33 bits per heavy atom. The van der Waals surface area contributed by atoms with Gasteiger partial charge in [-0.15, -0.1) is 0 Å². The van der Waals surface area contributed by atoms with E-state index in [1.54, 1.807) is 14.2 Å². The molecule has 0 aromatic heterocycles. The van der Waals surface area contributed by atoms with Gasteiger partial charge >= 0.3 is 0 Å². The molecule has 2 aromatic rings. The Kier molecular flexibility index (Phi) is 5.65. The van der Waals surface area contributed by atoms with Crippen LogP contribution in [0.15, 0.2) is 46.9 Å². The summed E-state index contributed by atoms with van der Waals surface area (Å²) in [4.78, 5) is 2.25. The van der Waals surface area contributed by atoms with Crippen molar-refractivity contribution in [3.63, 3.8) is 0 Å². The van der Waals surface area contributed by atoms with Crippen LogP contribution in [0.2, 0.25) is 0 Å². The van der Waals surface area contributed by atoms with Crippen molar-refractivity contribution in [3.8, 4) is 11.5 Å². The van der Waals surface area contributed by atoms with Crippen molar-refractivity contribution in [1.82, 2.24) is 4.90 Å². The zero-order chi connectivity index (χ0) is 15.2. The van der Waals surface area contributed by atoms with E-state index in [1.165, 1.54) is 5.56 Å². The molecule has 21 heavy (non-hydrogen) atoms. The first-order valence-corrected chi connectivity index (χ1v) is 7.56. The molecule has 0 amide bonds. The SMILES string of the molecule is COc1ccc(CN(C)Cc2ccccc2Br)c(OC)c1. The molecule has 0 aliphatic carbocycles. The lowest BCUT2D eigenvalue weighted by atomic mass is 10.1. The van der Waals surface area contributed by atoms with Gasteiger partial charge in [0.05, 0.1) is 14.2 Å². The number of benzene rings is 2. The van der Waals surface area contributed by atoms with Crippen LogP contribution in [-0.2, 0) is 13.1 Å². The zero-order valence-electron chi connectivity index (χ0n) is 12.6. The smallest absolute Gasteiger partial charge is 0.127 e. The van der Waals surface area contributed by atoms with E-state index >= 15 is 0 Å². The molecular formula is C17H20BrNO2. The summed E-state index contributed by atoms with van der Waals surface area (Å²) in [5.74, 6) is 1.66. The van der Waals surface area contributed by atoms with E-state index < -0.39 is 0 Å².